The van der Waals surface area contributed by atoms with Gasteiger partial charge in [-0.1, -0.05) is 12.6 Å². The molecule has 0 aliphatic carbocycles. The van der Waals surface area contributed by atoms with E-state index in [2.05, 4.69) is 27.3 Å². The fraction of sp³-hybridized carbons (Fsp3) is 0. The summed E-state index contributed by atoms with van der Waals surface area (Å²) in [4.78, 5) is 16.3. The van der Waals surface area contributed by atoms with Gasteiger partial charge in [0.1, 0.15) is 0 Å². The van der Waals surface area contributed by atoms with Gasteiger partial charge < -0.3 is 9.72 Å². The fourth-order valence-corrected chi connectivity index (χ4v) is 0.476. The highest BCUT2D eigenvalue weighted by molar-refractivity contribution is 7.96. The molecule has 9 heavy (non-hydrogen) atoms. The zero-order chi connectivity index (χ0) is 6.69. The molecule has 1 aromatic heterocycles. The van der Waals surface area contributed by atoms with Crippen LogP contribution in [-0.2, 0) is 0 Å². The summed E-state index contributed by atoms with van der Waals surface area (Å²) in [6, 6.07) is 0.162. The second kappa shape index (κ2) is 2.54. The third-order valence-electron chi connectivity index (χ3n) is 0.657. The van der Waals surface area contributed by atoms with Gasteiger partial charge in [0.05, 0.1) is 0 Å². The van der Waals surface area contributed by atoms with Crippen molar-refractivity contribution in [2.75, 3.05) is 0 Å². The van der Waals surface area contributed by atoms with Gasteiger partial charge in [0, 0.05) is 12.4 Å². The van der Waals surface area contributed by atoms with Crippen LogP contribution in [0.2, 0.25) is 0 Å². The highest BCUT2D eigenvalue weighted by atomic mass is 32.1. The number of aromatic nitrogens is 2. The topological polar surface area (TPSA) is 55.0 Å². The van der Waals surface area contributed by atoms with Gasteiger partial charge in [-0.2, -0.15) is 0 Å². The van der Waals surface area contributed by atoms with E-state index in [1.807, 2.05) is 0 Å². The fourth-order valence-electron chi connectivity index (χ4n) is 0.389. The number of thiol groups is 1. The summed E-state index contributed by atoms with van der Waals surface area (Å²) >= 11 is 3.36. The summed E-state index contributed by atoms with van der Waals surface area (Å²) in [5, 5.41) is -0.676. The number of aromatic amines is 1. The molecule has 0 unspecified atom stereocenters. The summed E-state index contributed by atoms with van der Waals surface area (Å²) in [5.74, 6) is 0. The molecule has 5 heteroatoms. The Bertz CT molecular complexity index is 196. The average molecular weight is 144 g/mol. The van der Waals surface area contributed by atoms with Crippen LogP contribution in [0.4, 0.5) is 4.79 Å². The monoisotopic (exact) mass is 144 g/mol. The normalized spacial score (nSPS) is 9.00. The van der Waals surface area contributed by atoms with Crippen molar-refractivity contribution >= 4 is 17.9 Å². The number of hydrogen-bond donors (Lipinski definition) is 2. The average Bonchev–Trinajstić information content (AvgIpc) is 2.15. The molecule has 48 valence electrons. The molecule has 4 nitrogen and oxygen atoms in total. The molecule has 0 aliphatic rings. The Hall–Kier alpha value is -0.970. The van der Waals surface area contributed by atoms with E-state index in [0.29, 0.717) is 0 Å². The van der Waals surface area contributed by atoms with Gasteiger partial charge in [-0.15, -0.1) is 0 Å². The maximum Gasteiger partial charge on any atom is 0.372 e. The Morgan fingerprint density at radius 1 is 1.89 bits per heavy atom. The van der Waals surface area contributed by atoms with E-state index in [0.717, 1.165) is 0 Å². The van der Waals surface area contributed by atoms with Crippen molar-refractivity contribution in [2.45, 2.75) is 0 Å². The van der Waals surface area contributed by atoms with Crippen LogP contribution in [0.25, 0.3) is 0 Å². The Balaban J connectivity index is 2.58. The number of nitrogens with zero attached hydrogens (tertiary/aromatic N) is 1. The molecule has 0 atom stereocenters. The summed E-state index contributed by atoms with van der Waals surface area (Å²) in [6.07, 6.45) is 3.03. The van der Waals surface area contributed by atoms with Gasteiger partial charge in [0.2, 0.25) is 0 Å². The van der Waals surface area contributed by atoms with Gasteiger partial charge >= 0.3 is 11.3 Å². The van der Waals surface area contributed by atoms with Crippen LogP contribution in [0.5, 0.6) is 6.01 Å². The van der Waals surface area contributed by atoms with E-state index < -0.39 is 5.30 Å². The summed E-state index contributed by atoms with van der Waals surface area (Å²) in [7, 11) is 0. The van der Waals surface area contributed by atoms with Gasteiger partial charge in [-0.25, -0.2) is 9.78 Å². The second-order valence-corrected chi connectivity index (χ2v) is 1.63. The number of carbonyl (C=O) groups is 1. The predicted molar refractivity (Wildman–Crippen MR) is 33.6 cm³/mol. The standard InChI is InChI=1S/C4H4N2O2S/c7-4(9)8-3-5-1-2-6-3/h1-2H,(H,5,6)(H,7,9). The molecule has 0 spiro atoms. The molecule has 0 aromatic carbocycles. The van der Waals surface area contributed by atoms with Gasteiger partial charge in [0.15, 0.2) is 0 Å². The molecule has 1 heterocycles. The van der Waals surface area contributed by atoms with Gasteiger partial charge in [-0.3, -0.25) is 0 Å². The minimum absolute atomic E-state index is 0.162. The van der Waals surface area contributed by atoms with E-state index in [1.165, 1.54) is 6.20 Å². The molecule has 0 bridgehead atoms. The Morgan fingerprint density at radius 2 is 2.67 bits per heavy atom. The van der Waals surface area contributed by atoms with Crippen LogP contribution >= 0.6 is 12.6 Å². The quantitative estimate of drug-likeness (QED) is 0.453. The lowest BCUT2D eigenvalue weighted by Gasteiger charge is -1.89. The first-order chi connectivity index (χ1) is 4.29. The van der Waals surface area contributed by atoms with Crippen molar-refractivity contribution in [3.8, 4) is 6.01 Å². The lowest BCUT2D eigenvalue weighted by molar-refractivity contribution is 0.224. The lowest BCUT2D eigenvalue weighted by atomic mass is 11.0. The molecule has 0 radical (unpaired) electrons. The molecule has 0 amide bonds. The number of hydrogen-bond acceptors (Lipinski definition) is 3. The highest BCUT2D eigenvalue weighted by Gasteiger charge is 1.97. The van der Waals surface area contributed by atoms with Crippen molar-refractivity contribution in [1.82, 2.24) is 9.97 Å². The largest absolute Gasteiger partial charge is 0.384 e. The number of carbonyl (C=O) groups excluding carboxylic acids is 1. The van der Waals surface area contributed by atoms with Crippen molar-refractivity contribution in [3.05, 3.63) is 12.4 Å². The summed E-state index contributed by atoms with van der Waals surface area (Å²) in [6.45, 7) is 0. The Kier molecular flexibility index (Phi) is 1.74. The lowest BCUT2D eigenvalue weighted by Crippen LogP contribution is -1.96. The molecule has 0 saturated carbocycles. The number of ether oxygens (including phenoxy) is 1. The van der Waals surface area contributed by atoms with Crippen LogP contribution in [0.3, 0.4) is 0 Å². The summed E-state index contributed by atoms with van der Waals surface area (Å²) in [5.41, 5.74) is 0. The molecule has 1 rings (SSSR count). The summed E-state index contributed by atoms with van der Waals surface area (Å²) < 4.78 is 4.41. The van der Waals surface area contributed by atoms with Crippen molar-refractivity contribution in [3.63, 3.8) is 0 Å². The third kappa shape index (κ3) is 1.77. The highest BCUT2D eigenvalue weighted by Crippen LogP contribution is 1.99. The first-order valence-electron chi connectivity index (χ1n) is 2.19. The molecule has 0 fully saturated rings. The van der Waals surface area contributed by atoms with E-state index in [4.69, 9.17) is 0 Å². The van der Waals surface area contributed by atoms with Crippen LogP contribution < -0.4 is 4.74 Å². The first-order valence-corrected chi connectivity index (χ1v) is 2.64. The van der Waals surface area contributed by atoms with Crippen LogP contribution in [0, 0.1) is 0 Å². The van der Waals surface area contributed by atoms with Crippen LogP contribution in [0.15, 0.2) is 12.4 Å². The van der Waals surface area contributed by atoms with Gasteiger partial charge in [0.25, 0.3) is 0 Å². The molecule has 0 saturated heterocycles. The van der Waals surface area contributed by atoms with Gasteiger partial charge in [-0.05, 0) is 0 Å². The Labute approximate surface area is 56.7 Å². The van der Waals surface area contributed by atoms with Crippen LogP contribution in [0.1, 0.15) is 0 Å². The molecule has 1 N–H and O–H groups in total. The van der Waals surface area contributed by atoms with Crippen molar-refractivity contribution in [1.29, 1.82) is 0 Å². The maximum absolute atomic E-state index is 10.1. The maximum atomic E-state index is 10.1. The first kappa shape index (κ1) is 6.15. The predicted octanol–water partition coefficient (Wildman–Crippen LogP) is 0.838. The number of imidazole rings is 1. The molecular formula is C4H4N2O2S. The molecule has 1 aromatic rings. The third-order valence-corrected chi connectivity index (χ3v) is 0.748. The molecule has 0 aliphatic heterocycles. The van der Waals surface area contributed by atoms with E-state index >= 15 is 0 Å². The van der Waals surface area contributed by atoms with Crippen molar-refractivity contribution < 1.29 is 9.53 Å². The van der Waals surface area contributed by atoms with Crippen LogP contribution in [-0.4, -0.2) is 15.3 Å². The molecular weight excluding hydrogens is 140 g/mol. The SMILES string of the molecule is O=C(S)Oc1ncc[nH]1. The van der Waals surface area contributed by atoms with E-state index in [9.17, 15) is 4.79 Å². The minimum Gasteiger partial charge on any atom is -0.384 e. The number of H-pyrrole nitrogens is 1. The van der Waals surface area contributed by atoms with E-state index in [1.54, 1.807) is 6.20 Å². The van der Waals surface area contributed by atoms with Crippen molar-refractivity contribution in [2.24, 2.45) is 0 Å². The number of nitrogens with one attached hydrogen (secondary N) is 1. The van der Waals surface area contributed by atoms with E-state index in [-0.39, 0.29) is 6.01 Å². The minimum atomic E-state index is -0.676. The smallest absolute Gasteiger partial charge is 0.372 e. The second-order valence-electron chi connectivity index (χ2n) is 1.26. The zero-order valence-corrected chi connectivity index (χ0v) is 5.26. The Morgan fingerprint density at radius 3 is 3.11 bits per heavy atom. The number of rotatable bonds is 1. The zero-order valence-electron chi connectivity index (χ0n) is 4.37.